The molecule has 2 aromatic heterocycles. The number of rotatable bonds is 3. The number of carbonyl (C=O) groups excluding carboxylic acids is 2. The second-order valence-electron chi connectivity index (χ2n) is 7.54. The Morgan fingerprint density at radius 1 is 1.03 bits per heavy atom. The molecule has 0 saturated carbocycles. The van der Waals surface area contributed by atoms with E-state index in [1.54, 1.807) is 42.5 Å². The smallest absolute Gasteiger partial charge is 0.366 e. The number of nitrogens with two attached hydrogens (primary N) is 1. The molecule has 0 radical (unpaired) electrons. The molecule has 0 unspecified atom stereocenters. The Kier molecular flexibility index (Phi) is 4.65. The van der Waals surface area contributed by atoms with Gasteiger partial charge in [-0.3, -0.25) is 9.59 Å². The summed E-state index contributed by atoms with van der Waals surface area (Å²) < 4.78 is 40.0. The lowest BCUT2D eigenvalue weighted by atomic mass is 10.1. The molecule has 0 saturated heterocycles. The Labute approximate surface area is 184 Å². The highest BCUT2D eigenvalue weighted by molar-refractivity contribution is 6.04. The molecule has 9 nitrogen and oxygen atoms in total. The molecule has 5 rings (SSSR count). The Morgan fingerprint density at radius 2 is 1.79 bits per heavy atom. The summed E-state index contributed by atoms with van der Waals surface area (Å²) in [6, 6.07) is 11.7. The first-order valence-electron chi connectivity index (χ1n) is 9.90. The third-order valence-corrected chi connectivity index (χ3v) is 5.48. The monoisotopic (exact) mass is 455 g/mol. The zero-order chi connectivity index (χ0) is 23.3. The van der Waals surface area contributed by atoms with Gasteiger partial charge >= 0.3 is 6.18 Å². The number of H-pyrrole nitrogens is 1. The van der Waals surface area contributed by atoms with Gasteiger partial charge in [-0.2, -0.15) is 13.2 Å². The van der Waals surface area contributed by atoms with E-state index in [0.29, 0.717) is 33.5 Å². The van der Waals surface area contributed by atoms with E-state index in [1.165, 1.54) is 4.90 Å². The average Bonchev–Trinajstić information content (AvgIpc) is 3.42. The van der Waals surface area contributed by atoms with E-state index in [9.17, 15) is 22.8 Å². The van der Waals surface area contributed by atoms with Gasteiger partial charge in [0.1, 0.15) is 11.3 Å². The van der Waals surface area contributed by atoms with E-state index < -0.39 is 17.9 Å². The van der Waals surface area contributed by atoms with Crippen LogP contribution in [0.3, 0.4) is 0 Å². The molecule has 1 aliphatic rings. The van der Waals surface area contributed by atoms with E-state index in [2.05, 4.69) is 20.2 Å². The van der Waals surface area contributed by atoms with Crippen molar-refractivity contribution in [2.24, 2.45) is 5.73 Å². The van der Waals surface area contributed by atoms with Crippen molar-refractivity contribution in [1.29, 1.82) is 0 Å². The highest BCUT2D eigenvalue weighted by Gasteiger charge is 2.40. The number of nitrogens with zero attached hydrogens (tertiary/aromatic N) is 5. The van der Waals surface area contributed by atoms with Gasteiger partial charge in [0, 0.05) is 24.2 Å². The first-order valence-corrected chi connectivity index (χ1v) is 9.90. The van der Waals surface area contributed by atoms with E-state index in [4.69, 9.17) is 5.73 Å². The summed E-state index contributed by atoms with van der Waals surface area (Å²) in [5.41, 5.74) is 7.87. The third-order valence-electron chi connectivity index (χ3n) is 5.48. The van der Waals surface area contributed by atoms with Crippen LogP contribution >= 0.6 is 0 Å². The van der Waals surface area contributed by atoms with Gasteiger partial charge in [0.25, 0.3) is 11.8 Å². The number of para-hydroxylation sites is 1. The minimum absolute atomic E-state index is 0.0395. The lowest BCUT2D eigenvalue weighted by Crippen LogP contribution is -2.39. The fourth-order valence-electron chi connectivity index (χ4n) is 3.86. The van der Waals surface area contributed by atoms with Crippen LogP contribution in [0, 0.1) is 0 Å². The second-order valence-corrected chi connectivity index (χ2v) is 7.54. The average molecular weight is 455 g/mol. The van der Waals surface area contributed by atoms with Crippen molar-refractivity contribution >= 4 is 22.8 Å². The number of imidazole rings is 1. The largest absolute Gasteiger partial charge is 0.451 e. The molecule has 3 heterocycles. The number of carbonyl (C=O) groups is 2. The maximum absolute atomic E-state index is 13.0. The SMILES string of the molecule is NC(=O)c1cccc2[nH]c(-c3ccc(C(=O)N4CCn5c(nnc5C(F)(F)F)C4)cc3)nc12. The first-order chi connectivity index (χ1) is 15.7. The standard InChI is InChI=1S/C21H16F3N7O2/c22-21(23,24)20-29-28-15-10-30(8-9-31(15)20)19(33)12-6-4-11(5-7-12)18-26-14-3-1-2-13(17(25)32)16(14)27-18/h1-7H,8-10H2,(H2,25,32)(H,26,27). The molecule has 4 aromatic rings. The van der Waals surface area contributed by atoms with Crippen LogP contribution in [0.4, 0.5) is 13.2 Å². The van der Waals surface area contributed by atoms with E-state index in [-0.39, 0.29) is 31.4 Å². The van der Waals surface area contributed by atoms with Gasteiger partial charge < -0.3 is 20.2 Å². The van der Waals surface area contributed by atoms with E-state index in [0.717, 1.165) is 4.57 Å². The van der Waals surface area contributed by atoms with Crippen molar-refractivity contribution < 1.29 is 22.8 Å². The maximum atomic E-state index is 13.0. The predicted molar refractivity (Wildman–Crippen MR) is 110 cm³/mol. The van der Waals surface area contributed by atoms with Gasteiger partial charge in [0.05, 0.1) is 17.6 Å². The van der Waals surface area contributed by atoms with Crippen LogP contribution in [0.2, 0.25) is 0 Å². The minimum Gasteiger partial charge on any atom is -0.366 e. The summed E-state index contributed by atoms with van der Waals surface area (Å²) in [6.07, 6.45) is -4.60. The minimum atomic E-state index is -4.60. The molecule has 0 fully saturated rings. The van der Waals surface area contributed by atoms with Gasteiger partial charge in [0.2, 0.25) is 5.82 Å². The van der Waals surface area contributed by atoms with Crippen LogP contribution in [0.5, 0.6) is 0 Å². The first kappa shape index (κ1) is 20.7. The molecule has 1 aliphatic heterocycles. The lowest BCUT2D eigenvalue weighted by molar-refractivity contribution is -0.147. The molecule has 2 aromatic carbocycles. The summed E-state index contributed by atoms with van der Waals surface area (Å²) in [5.74, 6) is -1.38. The topological polar surface area (TPSA) is 123 Å². The molecule has 168 valence electrons. The quantitative estimate of drug-likeness (QED) is 0.492. The molecular weight excluding hydrogens is 439 g/mol. The summed E-state index contributed by atoms with van der Waals surface area (Å²) in [4.78, 5) is 33.5. The molecule has 0 atom stereocenters. The molecular formula is C21H16F3N7O2. The normalized spacial score (nSPS) is 13.8. The van der Waals surface area contributed by atoms with Crippen LogP contribution in [-0.2, 0) is 19.3 Å². The third kappa shape index (κ3) is 3.58. The van der Waals surface area contributed by atoms with Crippen LogP contribution in [0.1, 0.15) is 32.4 Å². The van der Waals surface area contributed by atoms with Crippen LogP contribution in [-0.4, -0.2) is 48.0 Å². The number of aromatic nitrogens is 5. The maximum Gasteiger partial charge on any atom is 0.451 e. The van der Waals surface area contributed by atoms with Gasteiger partial charge in [0.15, 0.2) is 5.82 Å². The zero-order valence-corrected chi connectivity index (χ0v) is 16.9. The van der Waals surface area contributed by atoms with Crippen molar-refractivity contribution in [3.63, 3.8) is 0 Å². The Hall–Kier alpha value is -4.22. The predicted octanol–water partition coefficient (Wildman–Crippen LogP) is 2.60. The summed E-state index contributed by atoms with van der Waals surface area (Å²) >= 11 is 0. The zero-order valence-electron chi connectivity index (χ0n) is 16.9. The number of nitrogens with one attached hydrogen (secondary N) is 1. The van der Waals surface area contributed by atoms with Gasteiger partial charge in [-0.15, -0.1) is 10.2 Å². The summed E-state index contributed by atoms with van der Waals surface area (Å²) in [5, 5.41) is 6.82. The number of fused-ring (bicyclic) bond motifs is 2. The van der Waals surface area contributed by atoms with Crippen LogP contribution < -0.4 is 5.73 Å². The van der Waals surface area contributed by atoms with Crippen molar-refractivity contribution in [2.75, 3.05) is 6.54 Å². The van der Waals surface area contributed by atoms with Gasteiger partial charge in [-0.05, 0) is 24.3 Å². The Bertz CT molecular complexity index is 1390. The number of alkyl halides is 3. The number of aromatic amines is 1. The van der Waals surface area contributed by atoms with E-state index in [1.807, 2.05) is 0 Å². The number of benzene rings is 2. The van der Waals surface area contributed by atoms with Gasteiger partial charge in [-0.1, -0.05) is 18.2 Å². The van der Waals surface area contributed by atoms with Crippen molar-refractivity contribution in [3.05, 3.63) is 65.2 Å². The fraction of sp³-hybridized carbons (Fsp3) is 0.190. The van der Waals surface area contributed by atoms with Crippen LogP contribution in [0.15, 0.2) is 42.5 Å². The summed E-state index contributed by atoms with van der Waals surface area (Å²) in [7, 11) is 0. The molecule has 3 N–H and O–H groups in total. The number of hydrogen-bond donors (Lipinski definition) is 2. The Morgan fingerprint density at radius 3 is 2.48 bits per heavy atom. The van der Waals surface area contributed by atoms with Crippen molar-refractivity contribution in [2.45, 2.75) is 19.3 Å². The Balaban J connectivity index is 1.36. The van der Waals surface area contributed by atoms with Gasteiger partial charge in [-0.25, -0.2) is 4.98 Å². The fourth-order valence-corrected chi connectivity index (χ4v) is 3.86. The lowest BCUT2D eigenvalue weighted by Gasteiger charge is -2.28. The molecule has 0 bridgehead atoms. The second kappa shape index (κ2) is 7.43. The molecule has 0 spiro atoms. The number of primary amides is 1. The highest BCUT2D eigenvalue weighted by atomic mass is 19.4. The molecule has 12 heteroatoms. The number of amides is 2. The number of hydrogen-bond acceptors (Lipinski definition) is 5. The van der Waals surface area contributed by atoms with Crippen molar-refractivity contribution in [1.82, 2.24) is 29.6 Å². The van der Waals surface area contributed by atoms with Crippen LogP contribution in [0.25, 0.3) is 22.4 Å². The summed E-state index contributed by atoms with van der Waals surface area (Å²) in [6.45, 7) is -0.000510. The van der Waals surface area contributed by atoms with E-state index >= 15 is 0 Å². The molecule has 0 aliphatic carbocycles. The highest BCUT2D eigenvalue weighted by Crippen LogP contribution is 2.30. The molecule has 33 heavy (non-hydrogen) atoms. The molecule has 2 amide bonds. The number of halogens is 3. The van der Waals surface area contributed by atoms with Crippen molar-refractivity contribution in [3.8, 4) is 11.4 Å².